The lowest BCUT2D eigenvalue weighted by atomic mass is 9.86. The van der Waals surface area contributed by atoms with Gasteiger partial charge >= 0.3 is 0 Å². The number of ether oxygens (including phenoxy) is 1. The molecule has 2 heterocycles. The van der Waals surface area contributed by atoms with Crippen molar-refractivity contribution in [2.75, 3.05) is 24.1 Å². The Bertz CT molecular complexity index is 994. The first-order chi connectivity index (χ1) is 14.1. The zero-order chi connectivity index (χ0) is 20.4. The molecule has 4 rings (SSSR count). The third kappa shape index (κ3) is 3.70. The number of amides is 1. The summed E-state index contributed by atoms with van der Waals surface area (Å²) in [4.78, 5) is 17.0. The number of hydrogen-bond donors (Lipinski definition) is 0. The fraction of sp³-hybridized carbons (Fsp3) is 0.304. The average molecular weight is 406 g/mol. The summed E-state index contributed by atoms with van der Waals surface area (Å²) >= 11 is 1.57. The number of nitrogens with zero attached hydrogens (tertiary/aromatic N) is 3. The van der Waals surface area contributed by atoms with Crippen LogP contribution >= 0.6 is 11.8 Å². The number of carbonyl (C=O) groups excluding carboxylic acids is 1. The van der Waals surface area contributed by atoms with E-state index in [0.29, 0.717) is 31.1 Å². The number of para-hydroxylation sites is 1. The highest BCUT2D eigenvalue weighted by Crippen LogP contribution is 2.43. The summed E-state index contributed by atoms with van der Waals surface area (Å²) in [6.45, 7) is 5.11. The third-order valence-corrected chi connectivity index (χ3v) is 6.50. The number of carbonyl (C=O) groups is 1. The molecule has 0 spiro atoms. The third-order valence-electron chi connectivity index (χ3n) is 5.34. The second kappa shape index (κ2) is 8.22. The Morgan fingerprint density at radius 2 is 1.97 bits per heavy atom. The molecule has 0 N–H and O–H groups in total. The lowest BCUT2D eigenvalue weighted by molar-refractivity contribution is -0.129. The molecule has 5 nitrogen and oxygen atoms in total. The summed E-state index contributed by atoms with van der Waals surface area (Å²) in [6, 6.07) is 18.3. The quantitative estimate of drug-likeness (QED) is 0.743. The minimum atomic E-state index is -0.202. The SMILES string of the molecule is CCOc1ccc([C@@H]2CC(=O)N3CN(c4ccccc4C)CSC3=C2C#N)cc1. The fourth-order valence-electron chi connectivity index (χ4n) is 3.88. The highest BCUT2D eigenvalue weighted by Gasteiger charge is 2.38. The van der Waals surface area contributed by atoms with Crippen molar-refractivity contribution in [3.63, 3.8) is 0 Å². The number of thioether (sulfide) groups is 1. The Kier molecular flexibility index (Phi) is 5.50. The van der Waals surface area contributed by atoms with Crippen LogP contribution in [0.4, 0.5) is 5.69 Å². The zero-order valence-electron chi connectivity index (χ0n) is 16.6. The van der Waals surface area contributed by atoms with Crippen molar-refractivity contribution in [2.24, 2.45) is 0 Å². The molecule has 1 atom stereocenters. The Labute approximate surface area is 175 Å². The first-order valence-corrected chi connectivity index (χ1v) is 10.7. The molecule has 29 heavy (non-hydrogen) atoms. The normalized spacial score (nSPS) is 19.1. The maximum atomic E-state index is 13.0. The zero-order valence-corrected chi connectivity index (χ0v) is 17.4. The van der Waals surface area contributed by atoms with Crippen LogP contribution in [0.2, 0.25) is 0 Å². The summed E-state index contributed by atoms with van der Waals surface area (Å²) in [6.07, 6.45) is 0.308. The number of fused-ring (bicyclic) bond motifs is 1. The van der Waals surface area contributed by atoms with Gasteiger partial charge in [-0.15, -0.1) is 0 Å². The summed E-state index contributed by atoms with van der Waals surface area (Å²) in [5, 5.41) is 10.7. The Hall–Kier alpha value is -2.91. The molecule has 0 unspecified atom stereocenters. The van der Waals surface area contributed by atoms with Crippen molar-refractivity contribution in [3.05, 3.63) is 70.3 Å². The van der Waals surface area contributed by atoms with Crippen LogP contribution in [-0.2, 0) is 4.79 Å². The molecule has 2 aliphatic heterocycles. The molecule has 1 fully saturated rings. The highest BCUT2D eigenvalue weighted by atomic mass is 32.2. The molecule has 6 heteroatoms. The molecular weight excluding hydrogens is 382 g/mol. The standard InChI is InChI=1S/C23H23N3O2S/c1-3-28-18-10-8-17(9-11-18)19-12-22(27)26-14-25(15-29-23(26)20(19)13-24)21-7-5-4-6-16(21)2/h4-11,19H,3,12,14-15H2,1-2H3/t19-/m0/s1. The molecule has 2 aromatic rings. The molecular formula is C23H23N3O2S. The van der Waals surface area contributed by atoms with E-state index >= 15 is 0 Å². The van der Waals surface area contributed by atoms with Crippen LogP contribution in [0.15, 0.2) is 59.1 Å². The average Bonchev–Trinajstić information content (AvgIpc) is 2.75. The smallest absolute Gasteiger partial charge is 0.229 e. The van der Waals surface area contributed by atoms with E-state index in [4.69, 9.17) is 4.74 Å². The van der Waals surface area contributed by atoms with Crippen molar-refractivity contribution in [2.45, 2.75) is 26.2 Å². The van der Waals surface area contributed by atoms with E-state index in [-0.39, 0.29) is 11.8 Å². The molecule has 0 radical (unpaired) electrons. The second-order valence-electron chi connectivity index (χ2n) is 7.15. The summed E-state index contributed by atoms with van der Waals surface area (Å²) in [5.74, 6) is 1.37. The van der Waals surface area contributed by atoms with Gasteiger partial charge in [0.15, 0.2) is 0 Å². The molecule has 1 saturated heterocycles. The van der Waals surface area contributed by atoms with Gasteiger partial charge in [0.05, 0.1) is 35.8 Å². The predicted molar refractivity (Wildman–Crippen MR) is 115 cm³/mol. The van der Waals surface area contributed by atoms with E-state index in [1.54, 1.807) is 16.7 Å². The topological polar surface area (TPSA) is 56.6 Å². The minimum Gasteiger partial charge on any atom is -0.494 e. The Balaban J connectivity index is 1.63. The largest absolute Gasteiger partial charge is 0.494 e. The van der Waals surface area contributed by atoms with Crippen LogP contribution in [0.25, 0.3) is 0 Å². The number of allylic oxidation sites excluding steroid dienone is 1. The molecule has 148 valence electrons. The summed E-state index contributed by atoms with van der Waals surface area (Å²) in [7, 11) is 0. The van der Waals surface area contributed by atoms with Gasteiger partial charge in [0.1, 0.15) is 5.75 Å². The van der Waals surface area contributed by atoms with Crippen molar-refractivity contribution in [3.8, 4) is 11.8 Å². The van der Waals surface area contributed by atoms with Crippen molar-refractivity contribution in [1.29, 1.82) is 5.26 Å². The molecule has 0 aliphatic carbocycles. The monoisotopic (exact) mass is 405 g/mol. The Morgan fingerprint density at radius 1 is 1.21 bits per heavy atom. The van der Waals surface area contributed by atoms with Gasteiger partial charge in [0.25, 0.3) is 0 Å². The lowest BCUT2D eigenvalue weighted by Gasteiger charge is -2.42. The van der Waals surface area contributed by atoms with Gasteiger partial charge in [0.2, 0.25) is 5.91 Å². The van der Waals surface area contributed by atoms with Crippen LogP contribution in [0.1, 0.15) is 30.4 Å². The molecule has 0 saturated carbocycles. The van der Waals surface area contributed by atoms with E-state index in [9.17, 15) is 10.1 Å². The van der Waals surface area contributed by atoms with Crippen molar-refractivity contribution < 1.29 is 9.53 Å². The first kappa shape index (κ1) is 19.4. The van der Waals surface area contributed by atoms with Crippen LogP contribution in [0.5, 0.6) is 5.75 Å². The second-order valence-corrected chi connectivity index (χ2v) is 8.09. The van der Waals surface area contributed by atoms with Crippen LogP contribution < -0.4 is 9.64 Å². The van der Waals surface area contributed by atoms with E-state index in [2.05, 4.69) is 30.0 Å². The van der Waals surface area contributed by atoms with Crippen LogP contribution in [0.3, 0.4) is 0 Å². The number of benzene rings is 2. The van der Waals surface area contributed by atoms with Gasteiger partial charge < -0.3 is 9.64 Å². The molecule has 2 aliphatic rings. The van der Waals surface area contributed by atoms with Crippen LogP contribution in [-0.4, -0.2) is 30.0 Å². The summed E-state index contributed by atoms with van der Waals surface area (Å²) < 4.78 is 5.51. The molecule has 0 aromatic heterocycles. The molecule has 0 bridgehead atoms. The van der Waals surface area contributed by atoms with Gasteiger partial charge in [0, 0.05) is 18.0 Å². The van der Waals surface area contributed by atoms with Gasteiger partial charge in [-0.3, -0.25) is 9.69 Å². The van der Waals surface area contributed by atoms with Gasteiger partial charge in [-0.2, -0.15) is 5.26 Å². The van der Waals surface area contributed by atoms with Gasteiger partial charge in [-0.05, 0) is 43.2 Å². The number of aryl methyl sites for hydroxylation is 1. The van der Waals surface area contributed by atoms with E-state index < -0.39 is 0 Å². The highest BCUT2D eigenvalue weighted by molar-refractivity contribution is 8.03. The maximum Gasteiger partial charge on any atom is 0.229 e. The van der Waals surface area contributed by atoms with E-state index in [0.717, 1.165) is 22.0 Å². The number of hydrogen-bond acceptors (Lipinski definition) is 5. The maximum absolute atomic E-state index is 13.0. The predicted octanol–water partition coefficient (Wildman–Crippen LogP) is 4.61. The first-order valence-electron chi connectivity index (χ1n) is 9.73. The van der Waals surface area contributed by atoms with Crippen LogP contribution in [0, 0.1) is 18.3 Å². The number of nitriles is 1. The van der Waals surface area contributed by atoms with E-state index in [1.807, 2.05) is 43.3 Å². The number of anilines is 1. The van der Waals surface area contributed by atoms with Crippen molar-refractivity contribution >= 4 is 23.4 Å². The molecule has 1 amide bonds. The van der Waals surface area contributed by atoms with E-state index in [1.165, 1.54) is 5.56 Å². The minimum absolute atomic E-state index is 0.0590. The van der Waals surface area contributed by atoms with Crippen molar-refractivity contribution in [1.82, 2.24) is 4.90 Å². The van der Waals surface area contributed by atoms with Gasteiger partial charge in [-0.25, -0.2) is 0 Å². The lowest BCUT2D eigenvalue weighted by Crippen LogP contribution is -2.47. The number of rotatable bonds is 4. The summed E-state index contributed by atoms with van der Waals surface area (Å²) in [5.41, 5.74) is 3.97. The molecule has 2 aromatic carbocycles. The van der Waals surface area contributed by atoms with Gasteiger partial charge in [-0.1, -0.05) is 42.1 Å². The fourth-order valence-corrected chi connectivity index (χ4v) is 5.04. The Morgan fingerprint density at radius 3 is 2.66 bits per heavy atom.